The lowest BCUT2D eigenvalue weighted by atomic mass is 9.94. The van der Waals surface area contributed by atoms with Crippen LogP contribution in [0.2, 0.25) is 0 Å². The fraction of sp³-hybridized carbons (Fsp3) is 0.643. The zero-order valence-electron chi connectivity index (χ0n) is 10.8. The third-order valence-corrected chi connectivity index (χ3v) is 5.03. The normalized spacial score (nSPS) is 27.2. The SMILES string of the molecule is CC(N)(C(=O)N1CCCC1c1ccsc1)C1CC1. The Morgan fingerprint density at radius 3 is 2.89 bits per heavy atom. The summed E-state index contributed by atoms with van der Waals surface area (Å²) in [6, 6.07) is 2.39. The van der Waals surface area contributed by atoms with E-state index in [1.807, 2.05) is 11.8 Å². The molecular formula is C14H20N2OS. The van der Waals surface area contributed by atoms with Crippen LogP contribution < -0.4 is 5.73 Å². The molecule has 0 aromatic carbocycles. The maximum Gasteiger partial charge on any atom is 0.243 e. The van der Waals surface area contributed by atoms with Crippen molar-refractivity contribution in [1.29, 1.82) is 0 Å². The molecule has 0 bridgehead atoms. The molecule has 0 radical (unpaired) electrons. The van der Waals surface area contributed by atoms with E-state index in [0.717, 1.165) is 32.2 Å². The predicted molar refractivity (Wildman–Crippen MR) is 73.3 cm³/mol. The Morgan fingerprint density at radius 1 is 1.50 bits per heavy atom. The van der Waals surface area contributed by atoms with E-state index < -0.39 is 5.54 Å². The van der Waals surface area contributed by atoms with Crippen molar-refractivity contribution in [2.45, 2.75) is 44.2 Å². The van der Waals surface area contributed by atoms with Gasteiger partial charge in [0.2, 0.25) is 5.91 Å². The van der Waals surface area contributed by atoms with Gasteiger partial charge in [0, 0.05) is 6.54 Å². The number of hydrogen-bond donors (Lipinski definition) is 1. The van der Waals surface area contributed by atoms with Crippen LogP contribution in [0.5, 0.6) is 0 Å². The molecule has 1 aliphatic heterocycles. The number of likely N-dealkylation sites (tertiary alicyclic amines) is 1. The molecule has 2 N–H and O–H groups in total. The first-order valence-electron chi connectivity index (χ1n) is 6.73. The number of carbonyl (C=O) groups excluding carboxylic acids is 1. The molecule has 1 amide bonds. The van der Waals surface area contributed by atoms with Gasteiger partial charge in [0.25, 0.3) is 0 Å². The first-order valence-corrected chi connectivity index (χ1v) is 7.67. The zero-order chi connectivity index (χ0) is 12.8. The van der Waals surface area contributed by atoms with Gasteiger partial charge in [-0.1, -0.05) is 0 Å². The molecule has 1 aromatic heterocycles. The summed E-state index contributed by atoms with van der Waals surface area (Å²) >= 11 is 1.70. The van der Waals surface area contributed by atoms with Crippen molar-refractivity contribution in [2.75, 3.05) is 6.54 Å². The molecule has 3 rings (SSSR count). The second kappa shape index (κ2) is 4.35. The zero-order valence-corrected chi connectivity index (χ0v) is 11.6. The van der Waals surface area contributed by atoms with Crippen LogP contribution in [0.1, 0.15) is 44.2 Å². The van der Waals surface area contributed by atoms with E-state index in [4.69, 9.17) is 5.73 Å². The molecule has 2 heterocycles. The number of hydrogen-bond acceptors (Lipinski definition) is 3. The van der Waals surface area contributed by atoms with Crippen molar-refractivity contribution in [1.82, 2.24) is 4.90 Å². The van der Waals surface area contributed by atoms with E-state index in [0.29, 0.717) is 5.92 Å². The number of nitrogens with two attached hydrogens (primary N) is 1. The van der Waals surface area contributed by atoms with Crippen molar-refractivity contribution < 1.29 is 4.79 Å². The Labute approximate surface area is 112 Å². The number of rotatable bonds is 3. The number of amides is 1. The third-order valence-electron chi connectivity index (χ3n) is 4.33. The van der Waals surface area contributed by atoms with Gasteiger partial charge in [-0.15, -0.1) is 0 Å². The lowest BCUT2D eigenvalue weighted by molar-refractivity contribution is -0.138. The molecule has 4 heteroatoms. The predicted octanol–water partition coefficient (Wildman–Crippen LogP) is 2.54. The Balaban J connectivity index is 1.80. The molecule has 1 saturated heterocycles. The highest BCUT2D eigenvalue weighted by Gasteiger charge is 2.47. The molecule has 18 heavy (non-hydrogen) atoms. The molecule has 2 atom stereocenters. The maximum absolute atomic E-state index is 12.7. The Morgan fingerprint density at radius 2 is 2.28 bits per heavy atom. The van der Waals surface area contributed by atoms with Crippen molar-refractivity contribution in [3.05, 3.63) is 22.4 Å². The molecule has 3 nitrogen and oxygen atoms in total. The summed E-state index contributed by atoms with van der Waals surface area (Å²) in [6.45, 7) is 2.77. The fourth-order valence-electron chi connectivity index (χ4n) is 2.99. The largest absolute Gasteiger partial charge is 0.334 e. The molecular weight excluding hydrogens is 244 g/mol. The molecule has 1 aromatic rings. The minimum absolute atomic E-state index is 0.152. The third kappa shape index (κ3) is 1.97. The van der Waals surface area contributed by atoms with Gasteiger partial charge in [-0.2, -0.15) is 11.3 Å². The van der Waals surface area contributed by atoms with Crippen LogP contribution in [-0.4, -0.2) is 22.9 Å². The molecule has 2 fully saturated rings. The van der Waals surface area contributed by atoms with Crippen LogP contribution in [0.3, 0.4) is 0 Å². The maximum atomic E-state index is 12.7. The minimum atomic E-state index is -0.654. The lowest BCUT2D eigenvalue weighted by Gasteiger charge is -2.33. The van der Waals surface area contributed by atoms with E-state index in [-0.39, 0.29) is 11.9 Å². The van der Waals surface area contributed by atoms with Gasteiger partial charge < -0.3 is 10.6 Å². The molecule has 0 spiro atoms. The summed E-state index contributed by atoms with van der Waals surface area (Å²) in [5, 5.41) is 4.24. The van der Waals surface area contributed by atoms with Crippen molar-refractivity contribution in [2.24, 2.45) is 11.7 Å². The molecule has 2 aliphatic rings. The van der Waals surface area contributed by atoms with E-state index in [1.165, 1.54) is 5.56 Å². The second-order valence-corrected chi connectivity index (χ2v) is 6.55. The number of carbonyl (C=O) groups is 1. The number of nitrogens with zero attached hydrogens (tertiary/aromatic N) is 1. The summed E-state index contributed by atoms with van der Waals surface area (Å²) in [7, 11) is 0. The average Bonchev–Trinajstić information content (AvgIpc) is 2.91. The van der Waals surface area contributed by atoms with Gasteiger partial charge >= 0.3 is 0 Å². The van der Waals surface area contributed by atoms with Gasteiger partial charge in [0.15, 0.2) is 0 Å². The molecule has 2 unspecified atom stereocenters. The van der Waals surface area contributed by atoms with Crippen LogP contribution in [-0.2, 0) is 4.79 Å². The molecule has 98 valence electrons. The average molecular weight is 264 g/mol. The Bertz CT molecular complexity index is 437. The fourth-order valence-corrected chi connectivity index (χ4v) is 3.70. The first-order chi connectivity index (χ1) is 8.60. The van der Waals surface area contributed by atoms with E-state index in [1.54, 1.807) is 11.3 Å². The van der Waals surface area contributed by atoms with Crippen LogP contribution in [0, 0.1) is 5.92 Å². The van der Waals surface area contributed by atoms with Crippen molar-refractivity contribution in [3.63, 3.8) is 0 Å². The van der Waals surface area contributed by atoms with Gasteiger partial charge in [0.05, 0.1) is 11.6 Å². The lowest BCUT2D eigenvalue weighted by Crippen LogP contribution is -2.54. The van der Waals surface area contributed by atoms with Crippen LogP contribution >= 0.6 is 11.3 Å². The summed E-state index contributed by atoms with van der Waals surface area (Å²) in [4.78, 5) is 14.7. The van der Waals surface area contributed by atoms with E-state index in [2.05, 4.69) is 16.8 Å². The number of thiophene rings is 1. The minimum Gasteiger partial charge on any atom is -0.334 e. The van der Waals surface area contributed by atoms with Crippen LogP contribution in [0.4, 0.5) is 0 Å². The summed E-state index contributed by atoms with van der Waals surface area (Å²) in [5.74, 6) is 0.549. The molecule has 1 saturated carbocycles. The smallest absolute Gasteiger partial charge is 0.243 e. The van der Waals surface area contributed by atoms with E-state index >= 15 is 0 Å². The summed E-state index contributed by atoms with van der Waals surface area (Å²) in [6.07, 6.45) is 4.38. The van der Waals surface area contributed by atoms with Crippen LogP contribution in [0.15, 0.2) is 16.8 Å². The quantitative estimate of drug-likeness (QED) is 0.912. The van der Waals surface area contributed by atoms with Crippen LogP contribution in [0.25, 0.3) is 0 Å². The summed E-state index contributed by atoms with van der Waals surface area (Å²) < 4.78 is 0. The second-order valence-electron chi connectivity index (χ2n) is 5.77. The topological polar surface area (TPSA) is 46.3 Å². The van der Waals surface area contributed by atoms with Gasteiger partial charge in [0.1, 0.15) is 0 Å². The Kier molecular flexibility index (Phi) is 2.94. The standard InChI is InChI=1S/C14H20N2OS/c1-14(15,11-4-5-11)13(17)16-7-2-3-12(16)10-6-8-18-9-10/h6,8-9,11-12H,2-5,7,15H2,1H3. The molecule has 1 aliphatic carbocycles. The van der Waals surface area contributed by atoms with Crippen molar-refractivity contribution in [3.8, 4) is 0 Å². The summed E-state index contributed by atoms with van der Waals surface area (Å²) in [5.41, 5.74) is 6.89. The van der Waals surface area contributed by atoms with Gasteiger partial charge in [-0.05, 0) is 60.9 Å². The van der Waals surface area contributed by atoms with E-state index in [9.17, 15) is 4.79 Å². The van der Waals surface area contributed by atoms with Gasteiger partial charge in [-0.25, -0.2) is 0 Å². The highest BCUT2D eigenvalue weighted by atomic mass is 32.1. The van der Waals surface area contributed by atoms with Gasteiger partial charge in [-0.3, -0.25) is 4.79 Å². The highest BCUT2D eigenvalue weighted by molar-refractivity contribution is 7.07. The first kappa shape index (κ1) is 12.2. The Hall–Kier alpha value is -0.870. The monoisotopic (exact) mass is 264 g/mol. The highest BCUT2D eigenvalue weighted by Crippen LogP contribution is 2.42. The van der Waals surface area contributed by atoms with Crippen molar-refractivity contribution >= 4 is 17.2 Å².